The Labute approximate surface area is 287 Å². The average molecular weight is 680 g/mol. The number of methoxy groups -OCH3 is 1. The number of anilines is 3. The van der Waals surface area contributed by atoms with Crippen molar-refractivity contribution >= 4 is 80.0 Å². The van der Waals surface area contributed by atoms with Gasteiger partial charge in [0.25, 0.3) is 11.8 Å². The van der Waals surface area contributed by atoms with E-state index in [1.807, 2.05) is 35.4 Å². The summed E-state index contributed by atoms with van der Waals surface area (Å²) in [4.78, 5) is 45.6. The van der Waals surface area contributed by atoms with Crippen LogP contribution in [0.5, 0.6) is 11.5 Å². The molecule has 0 radical (unpaired) electrons. The fourth-order valence-electron chi connectivity index (χ4n) is 6.45. The van der Waals surface area contributed by atoms with Crippen LogP contribution in [0.4, 0.5) is 22.7 Å². The molecule has 7 rings (SSSR count). The molecule has 3 heterocycles. The molecule has 4 N–H and O–H groups in total. The van der Waals surface area contributed by atoms with Crippen molar-refractivity contribution in [1.82, 2.24) is 4.90 Å². The predicted molar refractivity (Wildman–Crippen MR) is 191 cm³/mol. The molecule has 11 nitrogen and oxygen atoms in total. The second kappa shape index (κ2) is 13.5. The first kappa shape index (κ1) is 32.0. The fourth-order valence-corrected chi connectivity index (χ4v) is 6.64. The number of fused-ring (bicyclic) bond motifs is 4. The van der Waals surface area contributed by atoms with Crippen LogP contribution >= 0.6 is 11.6 Å². The number of carbonyl (C=O) groups excluding carboxylic acids is 3. The molecular weight excluding hydrogens is 646 g/mol. The van der Waals surface area contributed by atoms with E-state index < -0.39 is 5.91 Å². The maximum Gasteiger partial charge on any atom is 0.291 e. The molecule has 1 atom stereocenters. The summed E-state index contributed by atoms with van der Waals surface area (Å²) in [5.74, 6) is 0.487. The number of alkyl halides is 1. The number of halogens is 1. The zero-order valence-corrected chi connectivity index (χ0v) is 27.5. The number of nitrogen functional groups attached to an aromatic ring is 1. The van der Waals surface area contributed by atoms with Gasteiger partial charge in [-0.3, -0.25) is 19.4 Å². The van der Waals surface area contributed by atoms with E-state index in [0.717, 1.165) is 29.2 Å². The Hall–Kier alpha value is -5.55. The molecular formula is C37H34ClN5O6. The molecule has 1 saturated heterocycles. The van der Waals surface area contributed by atoms with Gasteiger partial charge in [-0.05, 0) is 66.6 Å². The van der Waals surface area contributed by atoms with Crippen LogP contribution in [-0.4, -0.2) is 61.0 Å². The molecule has 3 amide bonds. The van der Waals surface area contributed by atoms with E-state index in [2.05, 4.69) is 15.6 Å². The summed E-state index contributed by atoms with van der Waals surface area (Å²) in [7, 11) is 1.50. The van der Waals surface area contributed by atoms with Crippen LogP contribution in [0, 0.1) is 0 Å². The van der Waals surface area contributed by atoms with Crippen LogP contribution in [0.3, 0.4) is 0 Å². The van der Waals surface area contributed by atoms with Gasteiger partial charge >= 0.3 is 0 Å². The molecule has 0 saturated carbocycles. The topological polar surface area (TPSA) is 148 Å². The lowest BCUT2D eigenvalue weighted by molar-refractivity contribution is -0.116. The molecule has 4 aromatic carbocycles. The van der Waals surface area contributed by atoms with Crippen LogP contribution < -0.4 is 25.8 Å². The minimum Gasteiger partial charge on any atom is -0.493 e. The van der Waals surface area contributed by atoms with Crippen molar-refractivity contribution in [2.75, 3.05) is 42.5 Å². The van der Waals surface area contributed by atoms with Crippen LogP contribution in [0.15, 0.2) is 76.1 Å². The first-order chi connectivity index (χ1) is 23.8. The van der Waals surface area contributed by atoms with Gasteiger partial charge in [-0.15, -0.1) is 11.6 Å². The fraction of sp³-hybridized carbons (Fsp3) is 0.243. The Morgan fingerprint density at radius 2 is 1.90 bits per heavy atom. The van der Waals surface area contributed by atoms with E-state index in [9.17, 15) is 14.4 Å². The Morgan fingerprint density at radius 3 is 2.71 bits per heavy atom. The van der Waals surface area contributed by atoms with Crippen LogP contribution in [0.2, 0.25) is 0 Å². The number of nitrogens with two attached hydrogens (primary N) is 1. The second-order valence-corrected chi connectivity index (χ2v) is 12.3. The monoisotopic (exact) mass is 679 g/mol. The lowest BCUT2D eigenvalue weighted by Crippen LogP contribution is -2.35. The largest absolute Gasteiger partial charge is 0.493 e. The molecule has 2 aliphatic heterocycles. The lowest BCUT2D eigenvalue weighted by Gasteiger charge is -2.20. The van der Waals surface area contributed by atoms with Crippen molar-refractivity contribution in [3.05, 3.63) is 83.6 Å². The summed E-state index contributed by atoms with van der Waals surface area (Å²) in [5.41, 5.74) is 10.3. The third-order valence-electron chi connectivity index (χ3n) is 8.85. The van der Waals surface area contributed by atoms with Gasteiger partial charge in [0.1, 0.15) is 5.58 Å². The number of rotatable bonds is 10. The summed E-state index contributed by atoms with van der Waals surface area (Å²) >= 11 is 6.10. The third kappa shape index (κ3) is 6.37. The summed E-state index contributed by atoms with van der Waals surface area (Å²) in [6.45, 7) is 0.767. The maximum absolute atomic E-state index is 13.3. The number of hydrogen-bond acceptors (Lipinski definition) is 8. The summed E-state index contributed by atoms with van der Waals surface area (Å²) < 4.78 is 17.3. The normalized spacial score (nSPS) is 15.2. The smallest absolute Gasteiger partial charge is 0.291 e. The molecule has 0 bridgehead atoms. The van der Waals surface area contributed by atoms with Gasteiger partial charge in [0.05, 0.1) is 37.4 Å². The first-order valence-corrected chi connectivity index (χ1v) is 16.6. The molecule has 1 fully saturated rings. The third-order valence-corrected chi connectivity index (χ3v) is 9.04. The summed E-state index contributed by atoms with van der Waals surface area (Å²) in [6.07, 6.45) is 4.25. The second-order valence-electron chi connectivity index (χ2n) is 11.9. The van der Waals surface area contributed by atoms with Crippen LogP contribution in [0.25, 0.3) is 21.7 Å². The minimum absolute atomic E-state index is 0.00585. The van der Waals surface area contributed by atoms with E-state index in [1.54, 1.807) is 42.5 Å². The number of nitrogens with one attached hydrogen (secondary N) is 2. The molecule has 0 aliphatic carbocycles. The van der Waals surface area contributed by atoms with Gasteiger partial charge in [0, 0.05) is 52.5 Å². The number of aliphatic imine (C=N–C) groups is 1. The van der Waals surface area contributed by atoms with Crippen molar-refractivity contribution in [3.63, 3.8) is 0 Å². The predicted octanol–water partition coefficient (Wildman–Crippen LogP) is 6.94. The van der Waals surface area contributed by atoms with Crippen molar-refractivity contribution in [2.45, 2.75) is 31.7 Å². The number of ether oxygens (including phenoxy) is 2. The Morgan fingerprint density at radius 1 is 1.06 bits per heavy atom. The highest BCUT2D eigenvalue weighted by Crippen LogP contribution is 2.38. The van der Waals surface area contributed by atoms with E-state index in [4.69, 9.17) is 31.2 Å². The number of amides is 3. The van der Waals surface area contributed by atoms with Gasteiger partial charge in [0.2, 0.25) is 5.91 Å². The minimum atomic E-state index is -0.437. The van der Waals surface area contributed by atoms with Crippen molar-refractivity contribution in [1.29, 1.82) is 0 Å². The first-order valence-electron chi connectivity index (χ1n) is 16.0. The number of aryl methyl sites for hydroxylation is 1. The van der Waals surface area contributed by atoms with Gasteiger partial charge in [-0.25, -0.2) is 0 Å². The maximum atomic E-state index is 13.3. The van der Waals surface area contributed by atoms with Crippen molar-refractivity contribution < 1.29 is 28.3 Å². The average Bonchev–Trinajstić information content (AvgIpc) is 3.73. The molecule has 5 aromatic rings. The van der Waals surface area contributed by atoms with Gasteiger partial charge in [-0.1, -0.05) is 24.3 Å². The van der Waals surface area contributed by atoms with Gasteiger partial charge in [-0.2, -0.15) is 0 Å². The Bertz CT molecular complexity index is 2140. The molecule has 12 heteroatoms. The van der Waals surface area contributed by atoms with Gasteiger partial charge in [0.15, 0.2) is 17.3 Å². The Balaban J connectivity index is 1.000. The standard InChI is InChI=1S/C37H34ClN5O6/c1-47-32-17-27-29(40-20-23-5-4-13-43(23)37(27)46)19-33(32)48-14-11-35(44)41-22-8-9-31-21(15-22)16-34(49-31)36(45)42-30-18-28(39)25-7-3-2-6-24(25)26(30)10-12-38/h2-3,6-9,15-20,23H,4-5,10-14,39H2,1H3,(H,41,44)(H,42,45)/t23-/m0/s1. The number of carbonyl (C=O) groups is 3. The molecule has 1 aromatic heterocycles. The molecule has 49 heavy (non-hydrogen) atoms. The highest BCUT2D eigenvalue weighted by Gasteiger charge is 2.32. The van der Waals surface area contributed by atoms with Crippen LogP contribution in [0.1, 0.15) is 45.7 Å². The molecule has 0 spiro atoms. The number of nitrogens with zero attached hydrogens (tertiary/aromatic N) is 2. The zero-order valence-electron chi connectivity index (χ0n) is 26.8. The summed E-state index contributed by atoms with van der Waals surface area (Å²) in [6, 6.07) is 19.5. The zero-order chi connectivity index (χ0) is 34.1. The van der Waals surface area contributed by atoms with E-state index >= 15 is 0 Å². The van der Waals surface area contributed by atoms with Crippen molar-refractivity contribution in [3.8, 4) is 11.5 Å². The van der Waals surface area contributed by atoms with Crippen molar-refractivity contribution in [2.24, 2.45) is 4.99 Å². The number of hydrogen-bond donors (Lipinski definition) is 3. The van der Waals surface area contributed by atoms with Gasteiger partial charge < -0.3 is 35.2 Å². The van der Waals surface area contributed by atoms with E-state index in [1.165, 1.54) is 7.11 Å². The lowest BCUT2D eigenvalue weighted by atomic mass is 9.99. The molecule has 250 valence electrons. The van der Waals surface area contributed by atoms with Crippen LogP contribution in [-0.2, 0) is 11.2 Å². The quantitative estimate of drug-likeness (QED) is 0.107. The van der Waals surface area contributed by atoms with E-state index in [-0.39, 0.29) is 36.6 Å². The molecule has 2 aliphatic rings. The highest BCUT2D eigenvalue weighted by atomic mass is 35.5. The number of furan rings is 1. The Kier molecular flexibility index (Phi) is 8.83. The van der Waals surface area contributed by atoms with E-state index in [0.29, 0.717) is 69.6 Å². The number of benzene rings is 4. The summed E-state index contributed by atoms with van der Waals surface area (Å²) in [5, 5.41) is 8.27. The SMILES string of the molecule is COc1cc2c(cc1OCCC(=O)Nc1ccc3oc(C(=O)Nc4cc(N)c5ccccc5c4CCCl)cc3c1)N=C[C@@H]1CCCN1C2=O. The highest BCUT2D eigenvalue weighted by molar-refractivity contribution is 6.18. The molecule has 0 unspecified atom stereocenters.